The molecule has 0 radical (unpaired) electrons. The number of nitrogens with one attached hydrogen (secondary N) is 3. The van der Waals surface area contributed by atoms with Crippen molar-refractivity contribution in [2.75, 3.05) is 11.9 Å². The Morgan fingerprint density at radius 3 is 2.62 bits per heavy atom. The summed E-state index contributed by atoms with van der Waals surface area (Å²) >= 11 is 0. The van der Waals surface area contributed by atoms with Crippen LogP contribution in [0.2, 0.25) is 0 Å². The summed E-state index contributed by atoms with van der Waals surface area (Å²) in [5.74, 6) is -0.222. The predicted molar refractivity (Wildman–Crippen MR) is 97.4 cm³/mol. The first kappa shape index (κ1) is 17.8. The van der Waals surface area contributed by atoms with E-state index in [1.165, 1.54) is 17.2 Å². The van der Waals surface area contributed by atoms with Gasteiger partial charge in [-0.25, -0.2) is 0 Å². The zero-order chi connectivity index (χ0) is 17.2. The van der Waals surface area contributed by atoms with Crippen molar-refractivity contribution < 1.29 is 4.79 Å². The summed E-state index contributed by atoms with van der Waals surface area (Å²) in [6.07, 6.45) is 4.78. The molecule has 3 N–H and O–H groups in total. The van der Waals surface area contributed by atoms with Gasteiger partial charge in [-0.2, -0.15) is 0 Å². The van der Waals surface area contributed by atoms with E-state index in [2.05, 4.69) is 58.9 Å². The molecular formula is C19H24N4O. The summed E-state index contributed by atoms with van der Waals surface area (Å²) in [4.78, 5) is 15.7. The molecule has 2 aromatic rings. The minimum Gasteiger partial charge on any atom is -0.322 e. The number of nitrogens with zero attached hydrogens (tertiary/aromatic N) is 1. The molecule has 0 aliphatic rings. The third kappa shape index (κ3) is 5.95. The van der Waals surface area contributed by atoms with Gasteiger partial charge in [-0.15, -0.1) is 0 Å². The van der Waals surface area contributed by atoms with E-state index in [0.29, 0.717) is 0 Å². The van der Waals surface area contributed by atoms with Crippen LogP contribution in [-0.2, 0) is 17.8 Å². The molecule has 2 rings (SSSR count). The lowest BCUT2D eigenvalue weighted by molar-refractivity contribution is -0.111. The minimum absolute atomic E-state index is 0.222. The number of hydrogen-bond acceptors (Lipinski definition) is 4. The molecule has 0 aliphatic carbocycles. The molecule has 0 aliphatic heterocycles. The number of hydrazine groups is 1. The molecule has 0 saturated carbocycles. The van der Waals surface area contributed by atoms with E-state index in [1.54, 1.807) is 12.3 Å². The molecular weight excluding hydrogens is 300 g/mol. The van der Waals surface area contributed by atoms with E-state index in [-0.39, 0.29) is 5.91 Å². The maximum absolute atomic E-state index is 11.4. The van der Waals surface area contributed by atoms with Crippen molar-refractivity contribution in [3.05, 3.63) is 72.1 Å². The third-order valence-corrected chi connectivity index (χ3v) is 3.47. The molecule has 0 bridgehead atoms. The van der Waals surface area contributed by atoms with Gasteiger partial charge in [0.1, 0.15) is 0 Å². The number of amides is 1. The van der Waals surface area contributed by atoms with E-state index in [9.17, 15) is 4.79 Å². The molecule has 0 saturated heterocycles. The van der Waals surface area contributed by atoms with Crippen LogP contribution in [0.25, 0.3) is 0 Å². The topological polar surface area (TPSA) is 66.0 Å². The van der Waals surface area contributed by atoms with Crippen LogP contribution in [-0.4, -0.2) is 17.4 Å². The number of aromatic nitrogens is 1. The Morgan fingerprint density at radius 2 is 1.92 bits per heavy atom. The summed E-state index contributed by atoms with van der Waals surface area (Å²) in [7, 11) is 0. The smallest absolute Gasteiger partial charge is 0.247 e. The van der Waals surface area contributed by atoms with Crippen molar-refractivity contribution in [1.82, 2.24) is 15.8 Å². The van der Waals surface area contributed by atoms with Crippen LogP contribution in [0.4, 0.5) is 5.69 Å². The fourth-order valence-electron chi connectivity index (χ4n) is 2.21. The summed E-state index contributed by atoms with van der Waals surface area (Å²) in [5, 5.41) is 2.75. The largest absolute Gasteiger partial charge is 0.322 e. The molecule has 1 aromatic carbocycles. The van der Waals surface area contributed by atoms with E-state index >= 15 is 0 Å². The average molecular weight is 324 g/mol. The van der Waals surface area contributed by atoms with Gasteiger partial charge in [-0.05, 0) is 35.8 Å². The molecule has 0 fully saturated rings. The van der Waals surface area contributed by atoms with Gasteiger partial charge in [-0.1, -0.05) is 37.8 Å². The molecule has 1 heterocycles. The summed E-state index contributed by atoms with van der Waals surface area (Å²) in [5.41, 5.74) is 10.4. The van der Waals surface area contributed by atoms with Gasteiger partial charge in [0.25, 0.3) is 0 Å². The van der Waals surface area contributed by atoms with E-state index in [1.807, 2.05) is 6.07 Å². The van der Waals surface area contributed by atoms with Gasteiger partial charge in [-0.3, -0.25) is 20.6 Å². The van der Waals surface area contributed by atoms with Crippen molar-refractivity contribution in [3.63, 3.8) is 0 Å². The number of benzene rings is 1. The average Bonchev–Trinajstić information content (AvgIpc) is 2.60. The van der Waals surface area contributed by atoms with Crippen molar-refractivity contribution in [1.29, 1.82) is 0 Å². The maximum Gasteiger partial charge on any atom is 0.247 e. The first-order valence-corrected chi connectivity index (χ1v) is 8.13. The number of carbonyl (C=O) groups is 1. The van der Waals surface area contributed by atoms with Gasteiger partial charge in [0.15, 0.2) is 0 Å². The third-order valence-electron chi connectivity index (χ3n) is 3.47. The highest BCUT2D eigenvalue weighted by Crippen LogP contribution is 2.13. The van der Waals surface area contributed by atoms with Gasteiger partial charge in [0.2, 0.25) is 5.91 Å². The fraction of sp³-hybridized carbons (Fsp3) is 0.263. The molecule has 1 amide bonds. The van der Waals surface area contributed by atoms with Crippen LogP contribution < -0.4 is 16.2 Å². The highest BCUT2D eigenvalue weighted by molar-refractivity contribution is 5.98. The van der Waals surface area contributed by atoms with E-state index < -0.39 is 0 Å². The van der Waals surface area contributed by atoms with Crippen molar-refractivity contribution >= 4 is 11.6 Å². The monoisotopic (exact) mass is 324 g/mol. The van der Waals surface area contributed by atoms with Crippen molar-refractivity contribution in [2.45, 2.75) is 26.3 Å². The van der Waals surface area contributed by atoms with Crippen LogP contribution >= 0.6 is 0 Å². The maximum atomic E-state index is 11.4. The Balaban J connectivity index is 1.92. The zero-order valence-corrected chi connectivity index (χ0v) is 14.0. The Bertz CT molecular complexity index is 667. The second-order valence-electron chi connectivity index (χ2n) is 5.50. The number of pyridine rings is 1. The first-order chi connectivity index (χ1) is 11.7. The Kier molecular flexibility index (Phi) is 7.14. The Labute approximate surface area is 143 Å². The molecule has 1 aromatic heterocycles. The second-order valence-corrected chi connectivity index (χ2v) is 5.50. The molecule has 0 unspecified atom stereocenters. The zero-order valence-electron chi connectivity index (χ0n) is 14.0. The highest BCUT2D eigenvalue weighted by atomic mass is 16.1. The van der Waals surface area contributed by atoms with Gasteiger partial charge < -0.3 is 5.32 Å². The lowest BCUT2D eigenvalue weighted by atomic mass is 10.1. The molecule has 24 heavy (non-hydrogen) atoms. The van der Waals surface area contributed by atoms with Gasteiger partial charge >= 0.3 is 0 Å². The summed E-state index contributed by atoms with van der Waals surface area (Å²) in [6.45, 7) is 7.34. The molecule has 5 nitrogen and oxygen atoms in total. The van der Waals surface area contributed by atoms with Crippen LogP contribution in [0.5, 0.6) is 0 Å². The summed E-state index contributed by atoms with van der Waals surface area (Å²) in [6, 6.07) is 12.1. The molecule has 5 heteroatoms. The highest BCUT2D eigenvalue weighted by Gasteiger charge is 2.02. The SMILES string of the molecule is C=CC(=O)Nc1ccnc(Cc2ccc(CNNCCC)cc2)c1. The van der Waals surface area contributed by atoms with Crippen LogP contribution in [0, 0.1) is 0 Å². The first-order valence-electron chi connectivity index (χ1n) is 8.13. The fourth-order valence-corrected chi connectivity index (χ4v) is 2.21. The minimum atomic E-state index is -0.222. The standard InChI is InChI=1S/C19H24N4O/c1-3-10-21-22-14-16-7-5-15(6-8-16)12-18-13-17(9-11-20-18)23-19(24)4-2/h4-9,11,13,21-22H,2-3,10,12,14H2,1H3,(H,20,23,24). The van der Waals surface area contributed by atoms with Gasteiger partial charge in [0, 0.05) is 37.1 Å². The van der Waals surface area contributed by atoms with Crippen LogP contribution in [0.1, 0.15) is 30.2 Å². The number of anilines is 1. The lowest BCUT2D eigenvalue weighted by Gasteiger charge is -2.08. The van der Waals surface area contributed by atoms with Crippen LogP contribution in [0.3, 0.4) is 0 Å². The van der Waals surface area contributed by atoms with Gasteiger partial charge in [0.05, 0.1) is 0 Å². The van der Waals surface area contributed by atoms with Crippen LogP contribution in [0.15, 0.2) is 55.3 Å². The van der Waals surface area contributed by atoms with E-state index in [4.69, 9.17) is 0 Å². The molecule has 0 atom stereocenters. The molecule has 126 valence electrons. The number of hydrogen-bond donors (Lipinski definition) is 3. The van der Waals surface area contributed by atoms with Crippen molar-refractivity contribution in [3.8, 4) is 0 Å². The van der Waals surface area contributed by atoms with E-state index in [0.717, 1.165) is 37.3 Å². The quantitative estimate of drug-likeness (QED) is 0.377. The number of carbonyl (C=O) groups excluding carboxylic acids is 1. The normalized spacial score (nSPS) is 10.4. The molecule has 0 spiro atoms. The predicted octanol–water partition coefficient (Wildman–Crippen LogP) is 2.80. The Morgan fingerprint density at radius 1 is 1.17 bits per heavy atom. The summed E-state index contributed by atoms with van der Waals surface area (Å²) < 4.78 is 0. The number of rotatable bonds is 9. The van der Waals surface area contributed by atoms with Crippen molar-refractivity contribution in [2.24, 2.45) is 0 Å². The Hall–Kier alpha value is -2.50. The second kappa shape index (κ2) is 9.60. The lowest BCUT2D eigenvalue weighted by Crippen LogP contribution is -2.31.